The number of nitrogens with zero attached hydrogens (tertiary/aromatic N) is 1. The number of sulfonamides is 1. The highest BCUT2D eigenvalue weighted by Gasteiger charge is 2.31. The zero-order chi connectivity index (χ0) is 21.9. The lowest BCUT2D eigenvalue weighted by molar-refractivity contribution is -0.125. The van der Waals surface area contributed by atoms with E-state index < -0.39 is 34.0 Å². The summed E-state index contributed by atoms with van der Waals surface area (Å²) in [6.07, 6.45) is 1.37. The summed E-state index contributed by atoms with van der Waals surface area (Å²) in [7, 11) is -3.82. The molecule has 2 aromatic carbocycles. The van der Waals surface area contributed by atoms with E-state index in [1.807, 2.05) is 32.9 Å². The molecule has 0 unspecified atom stereocenters. The van der Waals surface area contributed by atoms with Gasteiger partial charge in [-0.2, -0.15) is 0 Å². The molecular formula is C22H26N2O5S. The smallest absolute Gasteiger partial charge is 0.338 e. The highest BCUT2D eigenvalue weighted by Crippen LogP contribution is 2.32. The van der Waals surface area contributed by atoms with Gasteiger partial charge < -0.3 is 10.1 Å². The highest BCUT2D eigenvalue weighted by atomic mass is 32.2. The van der Waals surface area contributed by atoms with Crippen molar-refractivity contribution in [1.82, 2.24) is 5.32 Å². The first kappa shape index (κ1) is 21.8. The molecule has 8 heteroatoms. The molecule has 1 aliphatic heterocycles. The topological polar surface area (TPSA) is 92.8 Å². The summed E-state index contributed by atoms with van der Waals surface area (Å²) in [5.41, 5.74) is 1.30. The largest absolute Gasteiger partial charge is 0.452 e. The van der Waals surface area contributed by atoms with E-state index in [4.69, 9.17) is 4.74 Å². The number of esters is 1. The lowest BCUT2D eigenvalue weighted by Gasteiger charge is -2.24. The fourth-order valence-corrected chi connectivity index (χ4v) is 4.73. The van der Waals surface area contributed by atoms with Gasteiger partial charge in [-0.1, -0.05) is 31.2 Å². The van der Waals surface area contributed by atoms with Crippen molar-refractivity contribution < 1.29 is 22.7 Å². The Morgan fingerprint density at radius 1 is 1.13 bits per heavy atom. The van der Waals surface area contributed by atoms with Gasteiger partial charge in [-0.3, -0.25) is 9.10 Å². The molecule has 0 saturated heterocycles. The Bertz CT molecular complexity index is 1060. The van der Waals surface area contributed by atoms with Gasteiger partial charge in [-0.15, -0.1) is 0 Å². The number of rotatable bonds is 7. The van der Waals surface area contributed by atoms with Crippen LogP contribution in [-0.2, 0) is 26.0 Å². The summed E-state index contributed by atoms with van der Waals surface area (Å²) in [4.78, 5) is 24.4. The second kappa shape index (κ2) is 8.47. The number of anilines is 1. The lowest BCUT2D eigenvalue weighted by atomic mass is 10.0. The van der Waals surface area contributed by atoms with Crippen LogP contribution < -0.4 is 9.62 Å². The molecule has 0 radical (unpaired) electrons. The van der Waals surface area contributed by atoms with E-state index in [1.165, 1.54) is 28.6 Å². The molecule has 1 N–H and O–H groups in total. The van der Waals surface area contributed by atoms with Crippen LogP contribution in [0.3, 0.4) is 0 Å². The molecule has 0 saturated carbocycles. The van der Waals surface area contributed by atoms with Crippen molar-refractivity contribution >= 4 is 27.6 Å². The van der Waals surface area contributed by atoms with Crippen LogP contribution >= 0.6 is 0 Å². The van der Waals surface area contributed by atoms with Crippen molar-refractivity contribution in [2.24, 2.45) is 0 Å². The molecule has 0 fully saturated rings. The number of fused-ring (bicyclic) bond motifs is 1. The van der Waals surface area contributed by atoms with Gasteiger partial charge in [-0.05, 0) is 56.5 Å². The summed E-state index contributed by atoms with van der Waals surface area (Å²) >= 11 is 0. The third-order valence-electron chi connectivity index (χ3n) is 5.20. The maximum absolute atomic E-state index is 13.1. The number of para-hydroxylation sites is 1. The molecule has 3 rings (SSSR count). The van der Waals surface area contributed by atoms with Crippen molar-refractivity contribution in [3.8, 4) is 0 Å². The average Bonchev–Trinajstić information content (AvgIpc) is 3.17. The molecule has 2 aromatic rings. The van der Waals surface area contributed by atoms with Crippen LogP contribution in [0.15, 0.2) is 53.4 Å². The number of amides is 1. The van der Waals surface area contributed by atoms with Gasteiger partial charge in [0.1, 0.15) is 0 Å². The van der Waals surface area contributed by atoms with Crippen molar-refractivity contribution in [3.63, 3.8) is 0 Å². The van der Waals surface area contributed by atoms with E-state index in [2.05, 4.69) is 5.32 Å². The molecule has 0 spiro atoms. The van der Waals surface area contributed by atoms with Crippen LogP contribution in [-0.4, -0.2) is 39.0 Å². The van der Waals surface area contributed by atoms with E-state index >= 15 is 0 Å². The molecule has 160 valence electrons. The van der Waals surface area contributed by atoms with Crippen LogP contribution in [0.2, 0.25) is 0 Å². The molecule has 30 heavy (non-hydrogen) atoms. The summed E-state index contributed by atoms with van der Waals surface area (Å²) < 4.78 is 32.7. The fourth-order valence-electron chi connectivity index (χ4n) is 3.18. The number of hydrogen-bond donors (Lipinski definition) is 1. The zero-order valence-corrected chi connectivity index (χ0v) is 18.2. The van der Waals surface area contributed by atoms with E-state index in [1.54, 1.807) is 12.1 Å². The maximum Gasteiger partial charge on any atom is 0.338 e. The van der Waals surface area contributed by atoms with E-state index in [-0.39, 0.29) is 10.5 Å². The molecule has 0 aliphatic carbocycles. The second-order valence-electron chi connectivity index (χ2n) is 7.85. The van der Waals surface area contributed by atoms with Crippen molar-refractivity contribution in [3.05, 3.63) is 59.7 Å². The average molecular weight is 431 g/mol. The minimum atomic E-state index is -3.82. The van der Waals surface area contributed by atoms with Crippen molar-refractivity contribution in [1.29, 1.82) is 0 Å². The van der Waals surface area contributed by atoms with Gasteiger partial charge in [0, 0.05) is 12.1 Å². The fraction of sp³-hybridized carbons (Fsp3) is 0.364. The van der Waals surface area contributed by atoms with Gasteiger partial charge in [0.05, 0.1) is 16.1 Å². The third-order valence-corrected chi connectivity index (χ3v) is 7.01. The summed E-state index contributed by atoms with van der Waals surface area (Å²) in [6, 6.07) is 13.0. The minimum Gasteiger partial charge on any atom is -0.452 e. The Balaban J connectivity index is 1.73. The third kappa shape index (κ3) is 4.64. The Hall–Kier alpha value is -2.87. The minimum absolute atomic E-state index is 0.00483. The molecule has 1 aliphatic rings. The quantitative estimate of drug-likeness (QED) is 0.682. The Morgan fingerprint density at radius 2 is 1.87 bits per heavy atom. The first-order valence-corrected chi connectivity index (χ1v) is 11.3. The monoisotopic (exact) mass is 430 g/mol. The normalized spacial score (nSPS) is 13.6. The Kier molecular flexibility index (Phi) is 6.17. The van der Waals surface area contributed by atoms with Crippen LogP contribution in [0.4, 0.5) is 5.69 Å². The maximum atomic E-state index is 13.1. The van der Waals surface area contributed by atoms with Crippen LogP contribution in [0.25, 0.3) is 0 Å². The van der Waals surface area contributed by atoms with E-state index in [0.29, 0.717) is 18.7 Å². The summed E-state index contributed by atoms with van der Waals surface area (Å²) in [6.45, 7) is 5.61. The van der Waals surface area contributed by atoms with Gasteiger partial charge >= 0.3 is 5.97 Å². The van der Waals surface area contributed by atoms with E-state index in [9.17, 15) is 18.0 Å². The first-order chi connectivity index (χ1) is 14.1. The predicted octanol–water partition coefficient (Wildman–Crippen LogP) is 2.90. The Labute approximate surface area is 177 Å². The molecular weight excluding hydrogens is 404 g/mol. The molecule has 1 amide bonds. The van der Waals surface area contributed by atoms with Crippen molar-refractivity contribution in [2.75, 3.05) is 17.5 Å². The SMILES string of the molecule is CCC(C)(C)NC(=O)COC(=O)c1cccc(S(=O)(=O)N2CCc3ccccc32)c1. The standard InChI is InChI=1S/C22H26N2O5S/c1-4-22(2,3)23-20(25)15-29-21(26)17-9-7-10-18(14-17)30(27,28)24-13-12-16-8-5-6-11-19(16)24/h5-11,14H,4,12-13,15H2,1-3H3,(H,23,25). The number of carbonyl (C=O) groups excluding carboxylic acids is 2. The summed E-state index contributed by atoms with van der Waals surface area (Å²) in [5, 5.41) is 2.78. The molecule has 0 aromatic heterocycles. The zero-order valence-electron chi connectivity index (χ0n) is 17.3. The van der Waals surface area contributed by atoms with Crippen LogP contribution in [0.5, 0.6) is 0 Å². The highest BCUT2D eigenvalue weighted by molar-refractivity contribution is 7.92. The number of benzene rings is 2. The molecule has 1 heterocycles. The molecule has 7 nitrogen and oxygen atoms in total. The van der Waals surface area contributed by atoms with Gasteiger partial charge in [0.25, 0.3) is 15.9 Å². The first-order valence-electron chi connectivity index (χ1n) is 9.83. The number of hydrogen-bond acceptors (Lipinski definition) is 5. The number of ether oxygens (including phenoxy) is 1. The van der Waals surface area contributed by atoms with Crippen molar-refractivity contribution in [2.45, 2.75) is 44.0 Å². The van der Waals surface area contributed by atoms with Crippen LogP contribution in [0, 0.1) is 0 Å². The van der Waals surface area contributed by atoms with Gasteiger partial charge in [0.15, 0.2) is 6.61 Å². The number of nitrogens with one attached hydrogen (secondary N) is 1. The molecule has 0 atom stereocenters. The Morgan fingerprint density at radius 3 is 2.60 bits per heavy atom. The summed E-state index contributed by atoms with van der Waals surface area (Å²) in [5.74, 6) is -1.16. The van der Waals surface area contributed by atoms with Gasteiger partial charge in [-0.25, -0.2) is 13.2 Å². The second-order valence-corrected chi connectivity index (χ2v) is 9.71. The molecule has 0 bridgehead atoms. The predicted molar refractivity (Wildman–Crippen MR) is 114 cm³/mol. The number of carbonyl (C=O) groups is 2. The van der Waals surface area contributed by atoms with Crippen LogP contribution in [0.1, 0.15) is 43.1 Å². The lowest BCUT2D eigenvalue weighted by Crippen LogP contribution is -2.44. The van der Waals surface area contributed by atoms with Gasteiger partial charge in [0.2, 0.25) is 0 Å². The van der Waals surface area contributed by atoms with E-state index in [0.717, 1.165) is 12.0 Å².